The lowest BCUT2D eigenvalue weighted by atomic mass is 9.82. The summed E-state index contributed by atoms with van der Waals surface area (Å²) in [4.78, 5) is 12.1. The van der Waals surface area contributed by atoms with E-state index in [1.807, 2.05) is 0 Å². The standard InChI is InChI=1S/C13H12Cl4O/c1-8-6-9(2-4-11(14)15)13(18)10(7-8)3-5-12(16)17/h2-5,8H,6-7H2,1H3/b9-2-,10-3-. The molecule has 18 heavy (non-hydrogen) atoms. The zero-order valence-electron chi connectivity index (χ0n) is 9.72. The summed E-state index contributed by atoms with van der Waals surface area (Å²) in [5, 5.41) is 0. The molecule has 0 N–H and O–H groups in total. The molecule has 5 heteroatoms. The van der Waals surface area contributed by atoms with Crippen molar-refractivity contribution in [3.8, 4) is 0 Å². The van der Waals surface area contributed by atoms with Gasteiger partial charge in [0.1, 0.15) is 8.98 Å². The van der Waals surface area contributed by atoms with Crippen LogP contribution in [0.4, 0.5) is 0 Å². The van der Waals surface area contributed by atoms with Gasteiger partial charge in [-0.2, -0.15) is 0 Å². The lowest BCUT2D eigenvalue weighted by Gasteiger charge is -2.21. The van der Waals surface area contributed by atoms with Crippen molar-refractivity contribution in [2.75, 3.05) is 0 Å². The number of hydrogen-bond donors (Lipinski definition) is 0. The highest BCUT2D eigenvalue weighted by Crippen LogP contribution is 2.30. The molecule has 0 radical (unpaired) electrons. The summed E-state index contributed by atoms with van der Waals surface area (Å²) in [6.07, 6.45) is 7.77. The van der Waals surface area contributed by atoms with Crippen LogP contribution in [0.3, 0.4) is 0 Å². The predicted molar refractivity (Wildman–Crippen MR) is 79.1 cm³/mol. The third kappa shape index (κ3) is 5.19. The highest BCUT2D eigenvalue weighted by atomic mass is 35.5. The molecule has 0 amide bonds. The van der Waals surface area contributed by atoms with Gasteiger partial charge in [-0.3, -0.25) is 4.79 Å². The van der Waals surface area contributed by atoms with E-state index in [1.54, 1.807) is 12.2 Å². The van der Waals surface area contributed by atoms with E-state index in [2.05, 4.69) is 6.92 Å². The van der Waals surface area contributed by atoms with Crippen molar-refractivity contribution >= 4 is 52.2 Å². The SMILES string of the molecule is CC1C/C(=C/C=C(Cl)Cl)C(=O)/C(=C\C=C(Cl)Cl)C1. The van der Waals surface area contributed by atoms with Crippen LogP contribution in [0, 0.1) is 5.92 Å². The normalized spacial score (nSPS) is 24.3. The quantitative estimate of drug-likeness (QED) is 0.615. The lowest BCUT2D eigenvalue weighted by Crippen LogP contribution is -2.18. The van der Waals surface area contributed by atoms with Crippen LogP contribution in [-0.2, 0) is 4.79 Å². The van der Waals surface area contributed by atoms with E-state index >= 15 is 0 Å². The Balaban J connectivity index is 3.01. The molecule has 0 aliphatic heterocycles. The lowest BCUT2D eigenvalue weighted by molar-refractivity contribution is -0.113. The number of ketones is 1. The number of carbonyl (C=O) groups is 1. The summed E-state index contributed by atoms with van der Waals surface area (Å²) in [6.45, 7) is 2.08. The second-order valence-corrected chi connectivity index (χ2v) is 6.15. The first-order valence-electron chi connectivity index (χ1n) is 5.38. The average Bonchev–Trinajstić information content (AvgIpc) is 2.27. The molecule has 0 aromatic carbocycles. The third-order valence-corrected chi connectivity index (χ3v) is 3.05. The molecule has 0 bridgehead atoms. The maximum Gasteiger partial charge on any atom is 0.185 e. The van der Waals surface area contributed by atoms with Crippen LogP contribution in [0.5, 0.6) is 0 Å². The molecule has 0 aromatic heterocycles. The van der Waals surface area contributed by atoms with Gasteiger partial charge in [-0.15, -0.1) is 0 Å². The van der Waals surface area contributed by atoms with E-state index in [0.29, 0.717) is 29.9 Å². The fourth-order valence-electron chi connectivity index (χ4n) is 1.83. The molecule has 1 rings (SSSR count). The molecule has 1 aliphatic rings. The Morgan fingerprint density at radius 3 is 1.72 bits per heavy atom. The Labute approximate surface area is 127 Å². The molecule has 0 spiro atoms. The smallest absolute Gasteiger partial charge is 0.185 e. The zero-order valence-corrected chi connectivity index (χ0v) is 12.7. The van der Waals surface area contributed by atoms with Crippen molar-refractivity contribution in [2.45, 2.75) is 19.8 Å². The minimum Gasteiger partial charge on any atom is -0.289 e. The fraction of sp³-hybridized carbons (Fsp3) is 0.308. The molecule has 0 aromatic rings. The number of carbonyl (C=O) groups excluding carboxylic acids is 1. The molecular weight excluding hydrogens is 314 g/mol. The van der Waals surface area contributed by atoms with Crippen molar-refractivity contribution < 1.29 is 4.79 Å². The van der Waals surface area contributed by atoms with Crippen molar-refractivity contribution in [1.29, 1.82) is 0 Å². The van der Waals surface area contributed by atoms with Crippen LogP contribution in [0.25, 0.3) is 0 Å². The number of rotatable bonds is 2. The summed E-state index contributed by atoms with van der Waals surface area (Å²) in [6, 6.07) is 0. The summed E-state index contributed by atoms with van der Waals surface area (Å²) in [5.41, 5.74) is 1.38. The third-order valence-electron chi connectivity index (χ3n) is 2.54. The fourth-order valence-corrected chi connectivity index (χ4v) is 2.08. The van der Waals surface area contributed by atoms with Crippen molar-refractivity contribution in [2.24, 2.45) is 5.92 Å². The van der Waals surface area contributed by atoms with Crippen LogP contribution in [-0.4, -0.2) is 5.78 Å². The van der Waals surface area contributed by atoms with Crippen LogP contribution in [0.1, 0.15) is 19.8 Å². The topological polar surface area (TPSA) is 17.1 Å². The highest BCUT2D eigenvalue weighted by molar-refractivity contribution is 6.56. The minimum absolute atomic E-state index is 0.00948. The van der Waals surface area contributed by atoms with E-state index in [4.69, 9.17) is 46.4 Å². The Morgan fingerprint density at radius 1 is 1.00 bits per heavy atom. The molecule has 1 aliphatic carbocycles. The molecule has 0 saturated heterocycles. The molecule has 0 heterocycles. The van der Waals surface area contributed by atoms with E-state index in [0.717, 1.165) is 0 Å². The second-order valence-electron chi connectivity index (χ2n) is 4.14. The Morgan fingerprint density at radius 2 is 1.39 bits per heavy atom. The molecule has 98 valence electrons. The van der Waals surface area contributed by atoms with E-state index < -0.39 is 0 Å². The highest BCUT2D eigenvalue weighted by Gasteiger charge is 2.24. The van der Waals surface area contributed by atoms with Gasteiger partial charge in [0.05, 0.1) is 0 Å². The van der Waals surface area contributed by atoms with E-state index in [1.165, 1.54) is 12.2 Å². The second kappa shape index (κ2) is 7.40. The predicted octanol–water partition coefficient (Wildman–Crippen LogP) is 5.48. The number of hydrogen-bond acceptors (Lipinski definition) is 1. The van der Waals surface area contributed by atoms with Crippen molar-refractivity contribution in [3.05, 3.63) is 44.4 Å². The van der Waals surface area contributed by atoms with Crippen LogP contribution >= 0.6 is 46.4 Å². The van der Waals surface area contributed by atoms with E-state index in [9.17, 15) is 4.79 Å². The van der Waals surface area contributed by atoms with Gasteiger partial charge < -0.3 is 0 Å². The Bertz CT molecular complexity index is 410. The molecule has 1 fully saturated rings. The maximum absolute atomic E-state index is 12.1. The van der Waals surface area contributed by atoms with Gasteiger partial charge in [0.2, 0.25) is 0 Å². The molecular formula is C13H12Cl4O. The average molecular weight is 326 g/mol. The van der Waals surface area contributed by atoms with Gasteiger partial charge in [0, 0.05) is 11.1 Å². The Hall–Kier alpha value is -0.210. The summed E-state index contributed by atoms with van der Waals surface area (Å²) in [7, 11) is 0. The first kappa shape index (κ1) is 15.8. The van der Waals surface area contributed by atoms with Gasteiger partial charge >= 0.3 is 0 Å². The molecule has 1 saturated carbocycles. The number of allylic oxidation sites excluding steroid dienone is 6. The maximum atomic E-state index is 12.1. The van der Waals surface area contributed by atoms with Crippen LogP contribution < -0.4 is 0 Å². The van der Waals surface area contributed by atoms with Gasteiger partial charge in [0.15, 0.2) is 5.78 Å². The first-order chi connectivity index (χ1) is 8.40. The number of halogens is 4. The van der Waals surface area contributed by atoms with Crippen LogP contribution in [0.15, 0.2) is 44.4 Å². The largest absolute Gasteiger partial charge is 0.289 e. The minimum atomic E-state index is -0.00948. The molecule has 0 unspecified atom stereocenters. The van der Waals surface area contributed by atoms with Gasteiger partial charge in [0.25, 0.3) is 0 Å². The molecule has 1 nitrogen and oxygen atoms in total. The van der Waals surface area contributed by atoms with Gasteiger partial charge in [-0.25, -0.2) is 0 Å². The monoisotopic (exact) mass is 324 g/mol. The first-order valence-corrected chi connectivity index (χ1v) is 6.89. The summed E-state index contributed by atoms with van der Waals surface area (Å²) >= 11 is 22.1. The Kier molecular flexibility index (Phi) is 6.51. The molecule has 0 atom stereocenters. The number of Topliss-reactive ketones (excluding diaryl/α,β-unsaturated/α-hetero) is 1. The van der Waals surface area contributed by atoms with Gasteiger partial charge in [-0.05, 0) is 30.9 Å². The van der Waals surface area contributed by atoms with Crippen LogP contribution in [0.2, 0.25) is 0 Å². The summed E-state index contributed by atoms with van der Waals surface area (Å²) in [5.74, 6) is 0.370. The zero-order chi connectivity index (χ0) is 13.7. The van der Waals surface area contributed by atoms with Crippen molar-refractivity contribution in [1.82, 2.24) is 0 Å². The van der Waals surface area contributed by atoms with Crippen molar-refractivity contribution in [3.63, 3.8) is 0 Å². The van der Waals surface area contributed by atoms with E-state index in [-0.39, 0.29) is 14.8 Å². The summed E-state index contributed by atoms with van der Waals surface area (Å²) < 4.78 is 0.255. The van der Waals surface area contributed by atoms with Gasteiger partial charge in [-0.1, -0.05) is 65.5 Å².